The van der Waals surface area contributed by atoms with Crippen molar-refractivity contribution in [2.45, 2.75) is 76.3 Å². The average Bonchev–Trinajstić information content (AvgIpc) is 3.41. The van der Waals surface area contributed by atoms with E-state index < -0.39 is 15.5 Å². The van der Waals surface area contributed by atoms with E-state index in [4.69, 9.17) is 19.6 Å². The highest BCUT2D eigenvalue weighted by Gasteiger charge is 2.42. The molecule has 5 rings (SSSR count). The molecule has 1 saturated carbocycles. The third-order valence-electron chi connectivity index (χ3n) is 7.92. The van der Waals surface area contributed by atoms with Crippen molar-refractivity contribution in [2.24, 2.45) is 17.0 Å². The van der Waals surface area contributed by atoms with E-state index in [1.54, 1.807) is 11.8 Å². The predicted molar refractivity (Wildman–Crippen MR) is 138 cm³/mol. The average molecular weight is 519 g/mol. The van der Waals surface area contributed by atoms with Crippen molar-refractivity contribution in [1.29, 1.82) is 0 Å². The lowest BCUT2D eigenvalue weighted by Crippen LogP contribution is -2.57. The number of nitrogens with zero attached hydrogens (tertiary/aromatic N) is 3. The van der Waals surface area contributed by atoms with E-state index >= 15 is 0 Å². The molecule has 2 aromatic rings. The Hall–Kier alpha value is -2.50. The maximum atomic E-state index is 14.0. The van der Waals surface area contributed by atoms with Crippen molar-refractivity contribution in [3.05, 3.63) is 28.7 Å². The van der Waals surface area contributed by atoms with E-state index in [-0.39, 0.29) is 10.8 Å². The highest BCUT2D eigenvalue weighted by atomic mass is 32.3. The van der Waals surface area contributed by atoms with Gasteiger partial charge in [0.05, 0.1) is 31.1 Å². The topological polar surface area (TPSA) is 133 Å². The van der Waals surface area contributed by atoms with E-state index in [1.807, 2.05) is 6.92 Å². The first-order valence-electron chi connectivity index (χ1n) is 12.7. The number of aryl methyl sites for hydroxylation is 1. The highest BCUT2D eigenvalue weighted by Crippen LogP contribution is 2.41. The summed E-state index contributed by atoms with van der Waals surface area (Å²) in [5.41, 5.74) is 4.71. The van der Waals surface area contributed by atoms with Crippen LogP contribution in [0.2, 0.25) is 0 Å². The molecule has 0 saturated heterocycles. The van der Waals surface area contributed by atoms with Gasteiger partial charge in [-0.05, 0) is 62.0 Å². The summed E-state index contributed by atoms with van der Waals surface area (Å²) in [6.07, 6.45) is 7.88. The SMILES string of the molecule is COC1CC(C2COc3c(S(C)(N)(=O)NC(=O)Nc4c(C)c(C(C)C)nc5c4CCC5)cnn3C2)C1. The minimum atomic E-state index is -4.31. The van der Waals surface area contributed by atoms with Gasteiger partial charge < -0.3 is 14.8 Å². The normalized spacial score (nSPS) is 24.2. The number of aromatic nitrogens is 3. The van der Waals surface area contributed by atoms with Gasteiger partial charge in [-0.15, -0.1) is 0 Å². The van der Waals surface area contributed by atoms with Gasteiger partial charge in [0, 0.05) is 40.1 Å². The Morgan fingerprint density at radius 2 is 2.06 bits per heavy atom. The van der Waals surface area contributed by atoms with E-state index in [9.17, 15) is 9.00 Å². The number of nitrogens with two attached hydrogens (primary N) is 1. The second kappa shape index (κ2) is 8.81. The number of ether oxygens (including phenoxy) is 2. The van der Waals surface area contributed by atoms with Gasteiger partial charge in [0.1, 0.15) is 4.90 Å². The number of nitrogens with one attached hydrogen (secondary N) is 2. The van der Waals surface area contributed by atoms with Crippen LogP contribution in [0.1, 0.15) is 61.5 Å². The van der Waals surface area contributed by atoms with E-state index in [2.05, 4.69) is 29.0 Å². The molecular weight excluding hydrogens is 480 g/mol. The standard InChI is InChI=1S/C25H38N6O4S/c1-14(2)22-15(3)23(19-7-6-8-20(19)28-22)29-25(32)30-36(5,26,33)21-11-27-31-12-17(13-35-24(21)31)16-9-18(10-16)34-4/h11,14,16-18H,6-10,12-13H2,1-5H3,(H4,26,28,29,30,32,33). The Labute approximate surface area is 212 Å². The lowest BCUT2D eigenvalue weighted by atomic mass is 9.73. The number of urea groups is 1. The molecule has 0 radical (unpaired) electrons. The lowest BCUT2D eigenvalue weighted by Gasteiger charge is -2.41. The van der Waals surface area contributed by atoms with E-state index in [0.717, 1.165) is 60.3 Å². The number of anilines is 1. The molecule has 2 aliphatic carbocycles. The second-order valence-corrected chi connectivity index (χ2v) is 14.5. The molecule has 1 aliphatic heterocycles. The summed E-state index contributed by atoms with van der Waals surface area (Å²) in [5, 5.41) is 13.8. The molecule has 2 aromatic heterocycles. The fraction of sp³-hybridized carbons (Fsp3) is 0.640. The molecule has 0 aromatic carbocycles. The maximum absolute atomic E-state index is 14.0. The number of carbonyl (C=O) groups is 1. The zero-order valence-electron chi connectivity index (χ0n) is 21.8. The van der Waals surface area contributed by atoms with Crippen molar-refractivity contribution < 1.29 is 18.5 Å². The van der Waals surface area contributed by atoms with Crippen LogP contribution in [0.4, 0.5) is 10.5 Å². The first kappa shape index (κ1) is 25.2. The van der Waals surface area contributed by atoms with Crippen LogP contribution in [0, 0.1) is 18.8 Å². The minimum Gasteiger partial charge on any atom is -0.477 e. The molecule has 1 unspecified atom stereocenters. The van der Waals surface area contributed by atoms with Crippen LogP contribution in [0.5, 0.6) is 5.88 Å². The molecule has 36 heavy (non-hydrogen) atoms. The fourth-order valence-electron chi connectivity index (χ4n) is 5.77. The Bertz CT molecular complexity index is 1260. The Morgan fingerprint density at radius 1 is 1.31 bits per heavy atom. The molecule has 0 bridgehead atoms. The summed E-state index contributed by atoms with van der Waals surface area (Å²) < 4.78 is 29.8. The van der Waals surface area contributed by atoms with Gasteiger partial charge in [0.25, 0.3) is 0 Å². The van der Waals surface area contributed by atoms with Crippen LogP contribution in [0.15, 0.2) is 11.1 Å². The van der Waals surface area contributed by atoms with Gasteiger partial charge >= 0.3 is 6.03 Å². The monoisotopic (exact) mass is 518 g/mol. The molecular formula is C25H38N6O4S. The number of carbonyl (C=O) groups excluding carboxylic acids is 1. The molecule has 3 aliphatic rings. The highest BCUT2D eigenvalue weighted by molar-refractivity contribution is 8.16. The van der Waals surface area contributed by atoms with Gasteiger partial charge in [-0.1, -0.05) is 13.8 Å². The lowest BCUT2D eigenvalue weighted by molar-refractivity contribution is -0.0392. The molecule has 198 valence electrons. The Balaban J connectivity index is 1.35. The predicted octanol–water partition coefficient (Wildman–Crippen LogP) is 3.05. The number of fused-ring (bicyclic) bond motifs is 2. The summed E-state index contributed by atoms with van der Waals surface area (Å²) in [6.45, 7) is 7.30. The largest absolute Gasteiger partial charge is 0.477 e. The number of hydrogen-bond acceptors (Lipinski definition) is 6. The molecule has 2 amide bonds. The molecule has 11 heteroatoms. The summed E-state index contributed by atoms with van der Waals surface area (Å²) in [6, 6.07) is -0.621. The van der Waals surface area contributed by atoms with Crippen molar-refractivity contribution in [3.8, 4) is 5.88 Å². The molecule has 1 fully saturated rings. The molecule has 3 heterocycles. The van der Waals surface area contributed by atoms with E-state index in [0.29, 0.717) is 37.0 Å². The zero-order chi connectivity index (χ0) is 25.9. The van der Waals surface area contributed by atoms with Crippen LogP contribution in [-0.2, 0) is 33.6 Å². The minimum absolute atomic E-state index is 0.212. The zero-order valence-corrected chi connectivity index (χ0v) is 22.6. The van der Waals surface area contributed by atoms with Crippen LogP contribution >= 0.6 is 0 Å². The smallest absolute Gasteiger partial charge is 0.330 e. The van der Waals surface area contributed by atoms with Crippen LogP contribution < -0.4 is 19.9 Å². The number of amides is 2. The maximum Gasteiger partial charge on any atom is 0.330 e. The number of methoxy groups -OCH3 is 1. The summed E-state index contributed by atoms with van der Waals surface area (Å²) in [4.78, 5) is 18.3. The first-order chi connectivity index (χ1) is 16.9. The number of rotatable bonds is 6. The third kappa shape index (κ3) is 4.41. The second-order valence-electron chi connectivity index (χ2n) is 11.1. The van der Waals surface area contributed by atoms with Gasteiger partial charge in [0.15, 0.2) is 0 Å². The first-order valence-corrected chi connectivity index (χ1v) is 15.2. The quantitative estimate of drug-likeness (QED) is 0.538. The Morgan fingerprint density at radius 3 is 2.75 bits per heavy atom. The fourth-order valence-corrected chi connectivity index (χ4v) is 7.30. The van der Waals surface area contributed by atoms with Gasteiger partial charge in [-0.3, -0.25) is 14.8 Å². The molecule has 4 N–H and O–H groups in total. The van der Waals surface area contributed by atoms with Crippen molar-refractivity contribution in [3.63, 3.8) is 0 Å². The van der Waals surface area contributed by atoms with Crippen LogP contribution in [0.25, 0.3) is 0 Å². The molecule has 0 spiro atoms. The summed E-state index contributed by atoms with van der Waals surface area (Å²) in [5.74, 6) is 1.40. The van der Waals surface area contributed by atoms with Crippen molar-refractivity contribution in [1.82, 2.24) is 19.5 Å². The van der Waals surface area contributed by atoms with Crippen LogP contribution in [-0.4, -0.2) is 51.1 Å². The van der Waals surface area contributed by atoms with E-state index in [1.165, 1.54) is 12.5 Å². The Kier molecular flexibility index (Phi) is 6.16. The van der Waals surface area contributed by atoms with Crippen LogP contribution in [0.3, 0.4) is 0 Å². The number of hydrogen-bond donors (Lipinski definition) is 3. The third-order valence-corrected chi connectivity index (χ3v) is 9.98. The van der Waals surface area contributed by atoms with Gasteiger partial charge in [-0.25, -0.2) is 13.7 Å². The van der Waals surface area contributed by atoms with Crippen molar-refractivity contribution >= 4 is 21.2 Å². The molecule has 1 atom stereocenters. The van der Waals surface area contributed by atoms with Gasteiger partial charge in [-0.2, -0.15) is 5.10 Å². The summed E-state index contributed by atoms with van der Waals surface area (Å²) in [7, 11) is -2.57. The van der Waals surface area contributed by atoms with Gasteiger partial charge in [0.2, 0.25) is 5.88 Å². The number of pyridine rings is 1. The summed E-state index contributed by atoms with van der Waals surface area (Å²) >= 11 is 0. The van der Waals surface area contributed by atoms with Crippen molar-refractivity contribution in [2.75, 3.05) is 25.3 Å². The molecule has 10 nitrogen and oxygen atoms in total.